The predicted octanol–water partition coefficient (Wildman–Crippen LogP) is 5.53. The van der Waals surface area contributed by atoms with E-state index in [0.717, 1.165) is 22.2 Å². The van der Waals surface area contributed by atoms with Crippen LogP contribution in [0.15, 0.2) is 83.8 Å². The van der Waals surface area contributed by atoms with Crippen molar-refractivity contribution in [2.45, 2.75) is 0 Å². The first-order valence-corrected chi connectivity index (χ1v) is 8.46. The van der Waals surface area contributed by atoms with Gasteiger partial charge in [-0.25, -0.2) is 0 Å². The third-order valence-electron chi connectivity index (χ3n) is 4.43. The molecule has 2 nitrogen and oxygen atoms in total. The number of hydrogen-bond donors (Lipinski definition) is 0. The van der Waals surface area contributed by atoms with Crippen LogP contribution in [0.1, 0.15) is 0 Å². The van der Waals surface area contributed by atoms with Crippen molar-refractivity contribution in [2.75, 3.05) is 0 Å². The summed E-state index contributed by atoms with van der Waals surface area (Å²) < 4.78 is 2.00. The number of benzene rings is 3. The Kier molecular flexibility index (Phi) is 3.90. The molecular formula is C22H16ClNO. The predicted molar refractivity (Wildman–Crippen MR) is 105 cm³/mol. The smallest absolute Gasteiger partial charge is 0.197 e. The van der Waals surface area contributed by atoms with Crippen molar-refractivity contribution >= 4 is 22.5 Å². The van der Waals surface area contributed by atoms with E-state index in [2.05, 4.69) is 0 Å². The molecular weight excluding hydrogens is 330 g/mol. The van der Waals surface area contributed by atoms with Crippen molar-refractivity contribution in [1.29, 1.82) is 0 Å². The maximum absolute atomic E-state index is 13.1. The highest BCUT2D eigenvalue weighted by Gasteiger charge is 2.10. The molecule has 0 aliphatic rings. The summed E-state index contributed by atoms with van der Waals surface area (Å²) in [4.78, 5) is 13.1. The minimum atomic E-state index is 0.0446. The van der Waals surface area contributed by atoms with E-state index in [1.165, 1.54) is 0 Å². The van der Waals surface area contributed by atoms with Crippen LogP contribution < -0.4 is 5.43 Å². The lowest BCUT2D eigenvalue weighted by molar-refractivity contribution is 0.952. The highest BCUT2D eigenvalue weighted by molar-refractivity contribution is 6.30. The van der Waals surface area contributed by atoms with Crippen molar-refractivity contribution in [3.05, 3.63) is 94.2 Å². The zero-order chi connectivity index (χ0) is 17.4. The summed E-state index contributed by atoms with van der Waals surface area (Å²) in [6.07, 6.45) is 1.90. The molecule has 0 unspecified atom stereocenters. The Bertz CT molecular complexity index is 1130. The lowest BCUT2D eigenvalue weighted by Crippen LogP contribution is -2.10. The molecule has 122 valence electrons. The van der Waals surface area contributed by atoms with Crippen LogP contribution in [0, 0.1) is 0 Å². The minimum absolute atomic E-state index is 0.0446. The van der Waals surface area contributed by atoms with Crippen molar-refractivity contribution < 1.29 is 0 Å². The molecule has 0 atom stereocenters. The molecule has 0 amide bonds. The molecule has 0 aliphatic heterocycles. The SMILES string of the molecule is Cn1cc(-c2ccccc2)c(=O)c2cc(-c3cccc(Cl)c3)ccc21. The van der Waals surface area contributed by atoms with Gasteiger partial charge in [0.1, 0.15) is 0 Å². The van der Waals surface area contributed by atoms with Crippen molar-refractivity contribution in [3.63, 3.8) is 0 Å². The maximum atomic E-state index is 13.1. The second-order valence-corrected chi connectivity index (χ2v) is 6.53. The average molecular weight is 346 g/mol. The summed E-state index contributed by atoms with van der Waals surface area (Å²) in [5.41, 5.74) is 4.58. The van der Waals surface area contributed by atoms with Crippen LogP contribution >= 0.6 is 11.6 Å². The Morgan fingerprint density at radius 2 is 1.52 bits per heavy atom. The number of rotatable bonds is 2. The second-order valence-electron chi connectivity index (χ2n) is 6.09. The number of nitrogens with zero attached hydrogens (tertiary/aromatic N) is 1. The average Bonchev–Trinajstić information content (AvgIpc) is 2.65. The van der Waals surface area contributed by atoms with Gasteiger partial charge in [0, 0.05) is 29.2 Å². The van der Waals surface area contributed by atoms with Crippen LogP contribution in [0.25, 0.3) is 33.2 Å². The molecule has 0 spiro atoms. The minimum Gasteiger partial charge on any atom is -0.350 e. The van der Waals surface area contributed by atoms with Crippen LogP contribution in [-0.2, 0) is 7.05 Å². The fourth-order valence-corrected chi connectivity index (χ4v) is 3.35. The van der Waals surface area contributed by atoms with E-state index in [4.69, 9.17) is 11.6 Å². The van der Waals surface area contributed by atoms with Crippen LogP contribution in [-0.4, -0.2) is 4.57 Å². The quantitative estimate of drug-likeness (QED) is 0.468. The van der Waals surface area contributed by atoms with Gasteiger partial charge in [-0.1, -0.05) is 60.1 Å². The van der Waals surface area contributed by atoms with Crippen LogP contribution in [0.4, 0.5) is 0 Å². The summed E-state index contributed by atoms with van der Waals surface area (Å²) in [7, 11) is 1.97. The normalized spacial score (nSPS) is 11.0. The monoisotopic (exact) mass is 345 g/mol. The molecule has 0 saturated carbocycles. The molecule has 1 aromatic heterocycles. The van der Waals surface area contributed by atoms with Crippen molar-refractivity contribution in [2.24, 2.45) is 7.05 Å². The first kappa shape index (κ1) is 15.7. The van der Waals surface area contributed by atoms with Crippen molar-refractivity contribution in [3.8, 4) is 22.3 Å². The van der Waals surface area contributed by atoms with Gasteiger partial charge >= 0.3 is 0 Å². The van der Waals surface area contributed by atoms with E-state index in [0.29, 0.717) is 16.0 Å². The molecule has 0 aliphatic carbocycles. The number of halogens is 1. The van der Waals surface area contributed by atoms with Crippen molar-refractivity contribution in [1.82, 2.24) is 4.57 Å². The van der Waals surface area contributed by atoms with E-state index < -0.39 is 0 Å². The Morgan fingerprint density at radius 3 is 2.28 bits per heavy atom. The second kappa shape index (κ2) is 6.23. The van der Waals surface area contributed by atoms with Crippen LogP contribution in [0.3, 0.4) is 0 Å². The Hall–Kier alpha value is -2.84. The molecule has 4 aromatic rings. The molecule has 1 heterocycles. The molecule has 0 fully saturated rings. The van der Waals surface area contributed by atoms with Gasteiger partial charge in [-0.2, -0.15) is 0 Å². The maximum Gasteiger partial charge on any atom is 0.197 e. The standard InChI is InChI=1S/C22H16ClNO/c1-24-14-20(15-6-3-2-4-7-15)22(25)19-13-17(10-11-21(19)24)16-8-5-9-18(23)12-16/h2-14H,1H3. The van der Waals surface area contributed by atoms with Gasteiger partial charge in [-0.15, -0.1) is 0 Å². The summed E-state index contributed by atoms with van der Waals surface area (Å²) in [6.45, 7) is 0. The van der Waals surface area contributed by atoms with Gasteiger partial charge < -0.3 is 4.57 Å². The van der Waals surface area contributed by atoms with Gasteiger partial charge in [0.05, 0.1) is 5.52 Å². The fraction of sp³-hybridized carbons (Fsp3) is 0.0455. The molecule has 0 N–H and O–H groups in total. The zero-order valence-corrected chi connectivity index (χ0v) is 14.5. The molecule has 0 saturated heterocycles. The van der Waals surface area contributed by atoms with Gasteiger partial charge in [-0.05, 0) is 41.0 Å². The van der Waals surface area contributed by atoms with E-state index in [9.17, 15) is 4.79 Å². The van der Waals surface area contributed by atoms with Crippen LogP contribution in [0.2, 0.25) is 5.02 Å². The molecule has 25 heavy (non-hydrogen) atoms. The Morgan fingerprint density at radius 1 is 0.800 bits per heavy atom. The summed E-state index contributed by atoms with van der Waals surface area (Å²) >= 11 is 6.11. The molecule has 3 heteroatoms. The Balaban J connectivity index is 1.98. The van der Waals surface area contributed by atoms with Crippen LogP contribution in [0.5, 0.6) is 0 Å². The number of hydrogen-bond acceptors (Lipinski definition) is 1. The van der Waals surface area contributed by atoms with Gasteiger partial charge in [0.15, 0.2) is 5.43 Å². The lowest BCUT2D eigenvalue weighted by atomic mass is 10.00. The molecule has 3 aromatic carbocycles. The molecule has 4 rings (SSSR count). The number of aromatic nitrogens is 1. The van der Waals surface area contributed by atoms with Gasteiger partial charge in [0.2, 0.25) is 0 Å². The first-order valence-electron chi connectivity index (χ1n) is 8.08. The van der Waals surface area contributed by atoms with Gasteiger partial charge in [0.25, 0.3) is 0 Å². The third-order valence-corrected chi connectivity index (χ3v) is 4.67. The summed E-state index contributed by atoms with van der Waals surface area (Å²) in [5.74, 6) is 0. The first-order chi connectivity index (χ1) is 12.1. The van der Waals surface area contributed by atoms with Gasteiger partial charge in [-0.3, -0.25) is 4.79 Å². The van der Waals surface area contributed by atoms with E-state index in [1.54, 1.807) is 0 Å². The number of fused-ring (bicyclic) bond motifs is 1. The zero-order valence-electron chi connectivity index (χ0n) is 13.7. The Labute approximate surface area is 150 Å². The third kappa shape index (κ3) is 2.86. The highest BCUT2D eigenvalue weighted by atomic mass is 35.5. The lowest BCUT2D eigenvalue weighted by Gasteiger charge is -2.11. The summed E-state index contributed by atoms with van der Waals surface area (Å²) in [5, 5.41) is 1.39. The molecule has 0 radical (unpaired) electrons. The highest BCUT2D eigenvalue weighted by Crippen LogP contribution is 2.26. The topological polar surface area (TPSA) is 22.0 Å². The fourth-order valence-electron chi connectivity index (χ4n) is 3.16. The number of pyridine rings is 1. The largest absolute Gasteiger partial charge is 0.350 e. The van der Waals surface area contributed by atoms with E-state index >= 15 is 0 Å². The summed E-state index contributed by atoms with van der Waals surface area (Å²) in [6, 6.07) is 23.4. The van der Waals surface area contributed by atoms with E-state index in [1.807, 2.05) is 90.6 Å². The molecule has 0 bridgehead atoms. The number of aryl methyl sites for hydroxylation is 1. The van der Waals surface area contributed by atoms with E-state index in [-0.39, 0.29) is 5.43 Å².